The van der Waals surface area contributed by atoms with Crippen LogP contribution in [0.3, 0.4) is 0 Å². The second-order valence-electron chi connectivity index (χ2n) is 3.23. The lowest BCUT2D eigenvalue weighted by Crippen LogP contribution is -2.09. The van der Waals surface area contributed by atoms with Gasteiger partial charge in [0.1, 0.15) is 0 Å². The Kier molecular flexibility index (Phi) is 2.56. The van der Waals surface area contributed by atoms with Crippen molar-refractivity contribution in [3.63, 3.8) is 0 Å². The molecular formula is C10H12BrN3. The van der Waals surface area contributed by atoms with E-state index in [2.05, 4.69) is 26.3 Å². The summed E-state index contributed by atoms with van der Waals surface area (Å²) in [5.74, 6) is 0. The molecular weight excluding hydrogens is 242 g/mol. The van der Waals surface area contributed by atoms with Gasteiger partial charge >= 0.3 is 0 Å². The lowest BCUT2D eigenvalue weighted by atomic mass is 10.2. The Bertz CT molecular complexity index is 462. The Morgan fingerprint density at radius 2 is 2.29 bits per heavy atom. The summed E-state index contributed by atoms with van der Waals surface area (Å²) in [4.78, 5) is 0. The van der Waals surface area contributed by atoms with Crippen molar-refractivity contribution in [2.24, 2.45) is 7.05 Å². The molecule has 4 heteroatoms. The van der Waals surface area contributed by atoms with Gasteiger partial charge in [-0.05, 0) is 19.2 Å². The van der Waals surface area contributed by atoms with E-state index in [1.54, 1.807) is 0 Å². The Morgan fingerprint density at radius 1 is 1.50 bits per heavy atom. The highest BCUT2D eigenvalue weighted by Crippen LogP contribution is 2.26. The molecule has 0 radical (unpaired) electrons. The van der Waals surface area contributed by atoms with E-state index in [1.165, 1.54) is 11.1 Å². The minimum absolute atomic E-state index is 0.829. The molecule has 0 aliphatic rings. The van der Waals surface area contributed by atoms with E-state index in [9.17, 15) is 0 Å². The third kappa shape index (κ3) is 1.44. The summed E-state index contributed by atoms with van der Waals surface area (Å²) in [7, 11) is 3.91. The SMILES string of the molecule is CNCc1c2c(Br)cccc2nn1C. The molecule has 0 bridgehead atoms. The zero-order valence-corrected chi connectivity index (χ0v) is 9.80. The van der Waals surface area contributed by atoms with Gasteiger partial charge in [-0.25, -0.2) is 0 Å². The summed E-state index contributed by atoms with van der Waals surface area (Å²) in [6.07, 6.45) is 0. The Balaban J connectivity index is 2.73. The number of halogens is 1. The zero-order chi connectivity index (χ0) is 10.1. The monoisotopic (exact) mass is 253 g/mol. The van der Waals surface area contributed by atoms with Gasteiger partial charge in [-0.3, -0.25) is 4.68 Å². The number of hydrogen-bond acceptors (Lipinski definition) is 2. The van der Waals surface area contributed by atoms with Crippen LogP contribution in [0.4, 0.5) is 0 Å². The van der Waals surface area contributed by atoms with Crippen LogP contribution in [0.1, 0.15) is 5.69 Å². The lowest BCUT2D eigenvalue weighted by molar-refractivity contribution is 0.679. The van der Waals surface area contributed by atoms with Crippen LogP contribution in [-0.4, -0.2) is 16.8 Å². The molecule has 14 heavy (non-hydrogen) atoms. The van der Waals surface area contributed by atoms with Crippen LogP contribution in [0.2, 0.25) is 0 Å². The fraction of sp³-hybridized carbons (Fsp3) is 0.300. The highest BCUT2D eigenvalue weighted by atomic mass is 79.9. The Labute approximate surface area is 91.2 Å². The topological polar surface area (TPSA) is 29.9 Å². The molecule has 74 valence electrons. The van der Waals surface area contributed by atoms with Gasteiger partial charge in [-0.1, -0.05) is 22.0 Å². The van der Waals surface area contributed by atoms with E-state index in [0.29, 0.717) is 0 Å². The minimum atomic E-state index is 0.829. The molecule has 0 fully saturated rings. The molecule has 1 N–H and O–H groups in total. The molecule has 0 atom stereocenters. The maximum atomic E-state index is 4.44. The summed E-state index contributed by atoms with van der Waals surface area (Å²) in [6.45, 7) is 0.829. The third-order valence-corrected chi connectivity index (χ3v) is 2.93. The molecule has 0 spiro atoms. The number of aromatic nitrogens is 2. The van der Waals surface area contributed by atoms with Crippen molar-refractivity contribution in [3.8, 4) is 0 Å². The molecule has 3 nitrogen and oxygen atoms in total. The van der Waals surface area contributed by atoms with Crippen molar-refractivity contribution in [3.05, 3.63) is 28.4 Å². The van der Waals surface area contributed by atoms with E-state index in [1.807, 2.05) is 37.0 Å². The van der Waals surface area contributed by atoms with Crippen molar-refractivity contribution in [2.45, 2.75) is 6.54 Å². The number of hydrogen-bond donors (Lipinski definition) is 1. The van der Waals surface area contributed by atoms with Gasteiger partial charge in [0.05, 0.1) is 11.2 Å². The number of benzene rings is 1. The average Bonchev–Trinajstić information content (AvgIpc) is 2.45. The fourth-order valence-corrected chi connectivity index (χ4v) is 2.22. The molecule has 2 rings (SSSR count). The van der Waals surface area contributed by atoms with Crippen LogP contribution < -0.4 is 5.32 Å². The highest BCUT2D eigenvalue weighted by molar-refractivity contribution is 9.10. The van der Waals surface area contributed by atoms with E-state index in [0.717, 1.165) is 16.5 Å². The summed E-state index contributed by atoms with van der Waals surface area (Å²) in [6, 6.07) is 6.07. The van der Waals surface area contributed by atoms with Crippen molar-refractivity contribution in [1.29, 1.82) is 0 Å². The predicted octanol–water partition coefficient (Wildman–Crippen LogP) is 2.06. The maximum absolute atomic E-state index is 4.44. The van der Waals surface area contributed by atoms with Crippen LogP contribution >= 0.6 is 15.9 Å². The van der Waals surface area contributed by atoms with Crippen molar-refractivity contribution >= 4 is 26.8 Å². The standard InChI is InChI=1S/C10H12BrN3/c1-12-6-9-10-7(11)4-3-5-8(10)13-14(9)2/h3-5,12H,6H2,1-2H3. The van der Waals surface area contributed by atoms with Crippen LogP contribution in [0.5, 0.6) is 0 Å². The fourth-order valence-electron chi connectivity index (χ4n) is 1.64. The zero-order valence-electron chi connectivity index (χ0n) is 8.21. The first-order chi connectivity index (χ1) is 6.74. The van der Waals surface area contributed by atoms with Crippen LogP contribution in [0, 0.1) is 0 Å². The van der Waals surface area contributed by atoms with Crippen LogP contribution in [0.15, 0.2) is 22.7 Å². The first-order valence-corrected chi connectivity index (χ1v) is 5.28. The lowest BCUT2D eigenvalue weighted by Gasteiger charge is -2.01. The molecule has 1 heterocycles. The summed E-state index contributed by atoms with van der Waals surface area (Å²) in [5, 5.41) is 8.79. The van der Waals surface area contributed by atoms with Gasteiger partial charge in [0.15, 0.2) is 0 Å². The second-order valence-corrected chi connectivity index (χ2v) is 4.09. The van der Waals surface area contributed by atoms with E-state index in [-0.39, 0.29) is 0 Å². The van der Waals surface area contributed by atoms with Crippen LogP contribution in [0.25, 0.3) is 10.9 Å². The van der Waals surface area contributed by atoms with Gasteiger partial charge in [-0.2, -0.15) is 5.10 Å². The van der Waals surface area contributed by atoms with Gasteiger partial charge in [0, 0.05) is 23.5 Å². The van der Waals surface area contributed by atoms with Gasteiger partial charge in [0.25, 0.3) is 0 Å². The van der Waals surface area contributed by atoms with E-state index in [4.69, 9.17) is 0 Å². The number of nitrogens with one attached hydrogen (secondary N) is 1. The highest BCUT2D eigenvalue weighted by Gasteiger charge is 2.09. The van der Waals surface area contributed by atoms with Crippen molar-refractivity contribution < 1.29 is 0 Å². The molecule has 0 amide bonds. The normalized spacial score (nSPS) is 11.1. The first kappa shape index (κ1) is 9.68. The molecule has 0 saturated heterocycles. The minimum Gasteiger partial charge on any atom is -0.314 e. The quantitative estimate of drug-likeness (QED) is 0.888. The van der Waals surface area contributed by atoms with Crippen molar-refractivity contribution in [2.75, 3.05) is 7.05 Å². The van der Waals surface area contributed by atoms with Gasteiger partial charge < -0.3 is 5.32 Å². The van der Waals surface area contributed by atoms with Gasteiger partial charge in [0.2, 0.25) is 0 Å². The third-order valence-electron chi connectivity index (χ3n) is 2.27. The Hall–Kier alpha value is -0.870. The summed E-state index contributed by atoms with van der Waals surface area (Å²) < 4.78 is 3.03. The molecule has 1 aromatic heterocycles. The number of nitrogens with zero attached hydrogens (tertiary/aromatic N) is 2. The maximum Gasteiger partial charge on any atom is 0.0938 e. The molecule has 2 aromatic rings. The number of aryl methyl sites for hydroxylation is 1. The molecule has 0 aliphatic heterocycles. The molecule has 0 saturated carbocycles. The first-order valence-electron chi connectivity index (χ1n) is 4.48. The molecule has 0 unspecified atom stereocenters. The smallest absolute Gasteiger partial charge is 0.0938 e. The Morgan fingerprint density at radius 3 is 3.00 bits per heavy atom. The van der Waals surface area contributed by atoms with Crippen molar-refractivity contribution in [1.82, 2.24) is 15.1 Å². The molecule has 1 aromatic carbocycles. The number of rotatable bonds is 2. The average molecular weight is 254 g/mol. The predicted molar refractivity (Wildman–Crippen MR) is 61.2 cm³/mol. The second kappa shape index (κ2) is 3.71. The van der Waals surface area contributed by atoms with Gasteiger partial charge in [-0.15, -0.1) is 0 Å². The molecule has 0 aliphatic carbocycles. The summed E-state index contributed by atoms with van der Waals surface area (Å²) >= 11 is 3.55. The largest absolute Gasteiger partial charge is 0.314 e. The van der Waals surface area contributed by atoms with E-state index < -0.39 is 0 Å². The van der Waals surface area contributed by atoms with Crippen LogP contribution in [-0.2, 0) is 13.6 Å². The number of fused-ring (bicyclic) bond motifs is 1. The van der Waals surface area contributed by atoms with E-state index >= 15 is 0 Å². The summed E-state index contributed by atoms with van der Waals surface area (Å²) in [5.41, 5.74) is 2.24.